The molecule has 0 spiro atoms. The van der Waals surface area contributed by atoms with Crippen LogP contribution in [0, 0.1) is 0 Å². The molecular weight excluding hydrogens is 408 g/mol. The summed E-state index contributed by atoms with van der Waals surface area (Å²) in [5.74, 6) is 0.203. The van der Waals surface area contributed by atoms with Gasteiger partial charge >= 0.3 is 15.7 Å². The molecule has 0 saturated carbocycles. The average molecular weight is 423 g/mol. The van der Waals surface area contributed by atoms with Crippen LogP contribution in [0.15, 0.2) is 67.1 Å². The van der Waals surface area contributed by atoms with Crippen molar-refractivity contribution in [3.05, 3.63) is 69.0 Å². The minimum Gasteiger partial charge on any atom is -0.423 e. The van der Waals surface area contributed by atoms with E-state index in [2.05, 4.69) is 15.9 Å². The fraction of sp³-hybridized carbons (Fsp3) is 0.167. The second-order valence-electron chi connectivity index (χ2n) is 5.80. The van der Waals surface area contributed by atoms with Gasteiger partial charge in [0.1, 0.15) is 16.2 Å². The molecule has 0 N–H and O–H groups in total. The van der Waals surface area contributed by atoms with Crippen molar-refractivity contribution in [2.45, 2.75) is 24.7 Å². The van der Waals surface area contributed by atoms with Crippen LogP contribution in [0.2, 0.25) is 0 Å². The first-order valence-corrected chi connectivity index (χ1v) is 9.75. The second kappa shape index (κ2) is 6.65. The van der Waals surface area contributed by atoms with Gasteiger partial charge in [-0.1, -0.05) is 26.0 Å². The molecule has 3 rings (SSSR count). The van der Waals surface area contributed by atoms with Crippen molar-refractivity contribution in [3.63, 3.8) is 0 Å². The van der Waals surface area contributed by atoms with Crippen LogP contribution in [-0.4, -0.2) is 8.42 Å². The molecule has 0 atom stereocenters. The Morgan fingerprint density at radius 2 is 1.80 bits per heavy atom. The van der Waals surface area contributed by atoms with Gasteiger partial charge in [-0.3, -0.25) is 0 Å². The van der Waals surface area contributed by atoms with E-state index in [4.69, 9.17) is 8.60 Å². The molecule has 0 aliphatic heterocycles. The Hall–Kier alpha value is -2.12. The Balaban J connectivity index is 2.06. The molecule has 0 radical (unpaired) electrons. The third-order valence-electron chi connectivity index (χ3n) is 3.68. The fourth-order valence-corrected chi connectivity index (χ4v) is 4.40. The highest BCUT2D eigenvalue weighted by Crippen LogP contribution is 2.29. The van der Waals surface area contributed by atoms with Crippen molar-refractivity contribution in [1.82, 2.24) is 0 Å². The first-order chi connectivity index (χ1) is 11.8. The third kappa shape index (κ3) is 3.62. The lowest BCUT2D eigenvalue weighted by Crippen LogP contribution is -2.10. The molecule has 5 nitrogen and oxygen atoms in total. The van der Waals surface area contributed by atoms with E-state index in [1.165, 1.54) is 18.2 Å². The quantitative estimate of drug-likeness (QED) is 0.458. The van der Waals surface area contributed by atoms with Gasteiger partial charge in [0.25, 0.3) is 0 Å². The summed E-state index contributed by atoms with van der Waals surface area (Å²) in [6, 6.07) is 12.5. The first kappa shape index (κ1) is 17.7. The van der Waals surface area contributed by atoms with Crippen molar-refractivity contribution < 1.29 is 17.0 Å². The Labute approximate surface area is 153 Å². The molecule has 0 aliphatic rings. The topological polar surface area (TPSA) is 73.6 Å². The second-order valence-corrected chi connectivity index (χ2v) is 8.17. The molecule has 2 aromatic carbocycles. The smallest absolute Gasteiger partial charge is 0.340 e. The standard InChI is InChI=1S/C18H15BrO5S/c1-11(2)14-10-18(20)23-16-9-12(7-8-13(14)16)24-25(21,22)17-6-4-3-5-15(17)19/h3-11H,1-2H3. The highest BCUT2D eigenvalue weighted by Gasteiger charge is 2.20. The first-order valence-electron chi connectivity index (χ1n) is 7.55. The van der Waals surface area contributed by atoms with Gasteiger partial charge in [0.15, 0.2) is 0 Å². The van der Waals surface area contributed by atoms with E-state index in [1.54, 1.807) is 30.3 Å². The maximum atomic E-state index is 12.5. The summed E-state index contributed by atoms with van der Waals surface area (Å²) in [5.41, 5.74) is 0.643. The molecule has 0 saturated heterocycles. The Morgan fingerprint density at radius 1 is 1.08 bits per heavy atom. The monoisotopic (exact) mass is 422 g/mol. The van der Waals surface area contributed by atoms with Crippen molar-refractivity contribution in [2.75, 3.05) is 0 Å². The predicted molar refractivity (Wildman–Crippen MR) is 98.5 cm³/mol. The predicted octanol–water partition coefficient (Wildman–Crippen LogP) is 4.45. The van der Waals surface area contributed by atoms with E-state index >= 15 is 0 Å². The van der Waals surface area contributed by atoms with E-state index in [9.17, 15) is 13.2 Å². The number of hydrogen-bond acceptors (Lipinski definition) is 5. The van der Waals surface area contributed by atoms with Crippen LogP contribution in [0.1, 0.15) is 25.3 Å². The molecule has 130 valence electrons. The molecule has 0 aliphatic carbocycles. The summed E-state index contributed by atoms with van der Waals surface area (Å²) in [7, 11) is -4.02. The lowest BCUT2D eigenvalue weighted by atomic mass is 10.00. The number of rotatable bonds is 4. The van der Waals surface area contributed by atoms with Gasteiger partial charge in [-0.25, -0.2) is 4.79 Å². The van der Waals surface area contributed by atoms with Gasteiger partial charge < -0.3 is 8.60 Å². The lowest BCUT2D eigenvalue weighted by molar-refractivity contribution is 0.484. The molecule has 3 aromatic rings. The molecular formula is C18H15BrO5S. The molecule has 0 bridgehead atoms. The van der Waals surface area contributed by atoms with Crippen molar-refractivity contribution in [2.24, 2.45) is 0 Å². The molecule has 7 heteroatoms. The number of hydrogen-bond donors (Lipinski definition) is 0. The van der Waals surface area contributed by atoms with Crippen LogP contribution >= 0.6 is 15.9 Å². The Morgan fingerprint density at radius 3 is 2.48 bits per heavy atom. The minimum atomic E-state index is -4.02. The molecule has 1 aromatic heterocycles. The summed E-state index contributed by atoms with van der Waals surface area (Å²) >= 11 is 3.20. The maximum absolute atomic E-state index is 12.5. The van der Waals surface area contributed by atoms with E-state index in [0.29, 0.717) is 4.47 Å². The maximum Gasteiger partial charge on any atom is 0.340 e. The summed E-state index contributed by atoms with van der Waals surface area (Å²) in [4.78, 5) is 11.8. The Kier molecular flexibility index (Phi) is 4.71. The zero-order valence-corrected chi connectivity index (χ0v) is 15.9. The highest BCUT2D eigenvalue weighted by molar-refractivity contribution is 9.10. The van der Waals surface area contributed by atoms with Gasteiger partial charge in [-0.15, -0.1) is 0 Å². The van der Waals surface area contributed by atoms with Gasteiger partial charge in [0.2, 0.25) is 0 Å². The van der Waals surface area contributed by atoms with Crippen LogP contribution in [0.4, 0.5) is 0 Å². The van der Waals surface area contributed by atoms with E-state index in [1.807, 2.05) is 13.8 Å². The molecule has 0 amide bonds. The molecule has 0 unspecified atom stereocenters. The normalized spacial score (nSPS) is 11.8. The van der Waals surface area contributed by atoms with Crippen LogP contribution in [0.3, 0.4) is 0 Å². The lowest BCUT2D eigenvalue weighted by Gasteiger charge is -2.11. The summed E-state index contributed by atoms with van der Waals surface area (Å²) in [6.45, 7) is 3.94. The summed E-state index contributed by atoms with van der Waals surface area (Å²) < 4.78 is 35.7. The van der Waals surface area contributed by atoms with E-state index in [-0.39, 0.29) is 22.1 Å². The minimum absolute atomic E-state index is 0.0208. The van der Waals surface area contributed by atoms with Crippen molar-refractivity contribution in [1.29, 1.82) is 0 Å². The van der Waals surface area contributed by atoms with Gasteiger partial charge in [-0.05, 0) is 51.7 Å². The summed E-state index contributed by atoms with van der Waals surface area (Å²) in [6.07, 6.45) is 0. The highest BCUT2D eigenvalue weighted by atomic mass is 79.9. The van der Waals surface area contributed by atoms with Gasteiger partial charge in [-0.2, -0.15) is 8.42 Å². The van der Waals surface area contributed by atoms with Gasteiger partial charge in [0.05, 0.1) is 0 Å². The van der Waals surface area contributed by atoms with Crippen LogP contribution in [0.5, 0.6) is 5.75 Å². The zero-order chi connectivity index (χ0) is 18.2. The molecule has 0 fully saturated rings. The Bertz CT molecular complexity index is 1100. The third-order valence-corrected chi connectivity index (χ3v) is 5.94. The zero-order valence-electron chi connectivity index (χ0n) is 13.5. The van der Waals surface area contributed by atoms with Crippen LogP contribution in [0.25, 0.3) is 11.0 Å². The molecule has 1 heterocycles. The van der Waals surface area contributed by atoms with E-state index in [0.717, 1.165) is 10.9 Å². The number of fused-ring (bicyclic) bond motifs is 1. The van der Waals surface area contributed by atoms with Crippen LogP contribution < -0.4 is 9.81 Å². The average Bonchev–Trinajstić information content (AvgIpc) is 2.53. The van der Waals surface area contributed by atoms with Gasteiger partial charge in [0, 0.05) is 22.0 Å². The van der Waals surface area contributed by atoms with Crippen LogP contribution in [-0.2, 0) is 10.1 Å². The number of halogens is 1. The van der Waals surface area contributed by atoms with Crippen molar-refractivity contribution >= 4 is 37.0 Å². The molecule has 25 heavy (non-hydrogen) atoms. The van der Waals surface area contributed by atoms with E-state index < -0.39 is 15.7 Å². The summed E-state index contributed by atoms with van der Waals surface area (Å²) in [5, 5.41) is 0.750. The fourth-order valence-electron chi connectivity index (χ4n) is 2.52. The largest absolute Gasteiger partial charge is 0.423 e. The number of benzene rings is 2. The van der Waals surface area contributed by atoms with Crippen molar-refractivity contribution in [3.8, 4) is 5.75 Å². The SMILES string of the molecule is CC(C)c1cc(=O)oc2cc(OS(=O)(=O)c3ccccc3Br)ccc12.